The minimum Gasteiger partial charge on any atom is -0.504 e. The molecule has 0 unspecified atom stereocenters. The van der Waals surface area contributed by atoms with Crippen molar-refractivity contribution >= 4 is 5.97 Å². The quantitative estimate of drug-likeness (QED) is 0.477. The molecule has 0 fully saturated rings. The molecule has 0 saturated carbocycles. The molecule has 1 aromatic carbocycles. The molecule has 0 aliphatic rings. The lowest BCUT2D eigenvalue weighted by molar-refractivity contribution is 0.0596. The molecule has 1 radical (unpaired) electrons. The van der Waals surface area contributed by atoms with Crippen molar-refractivity contribution in [2.45, 2.75) is 0 Å². The van der Waals surface area contributed by atoms with Crippen LogP contribution in [0.3, 0.4) is 0 Å². The van der Waals surface area contributed by atoms with Crippen LogP contribution in [0.1, 0.15) is 10.4 Å². The van der Waals surface area contributed by atoms with Gasteiger partial charge < -0.3 is 14.9 Å². The smallest absolute Gasteiger partial charge is 0.341 e. The molecule has 0 aromatic heterocycles. The maximum Gasteiger partial charge on any atom is 0.341 e. The summed E-state index contributed by atoms with van der Waals surface area (Å²) in [5, 5.41) is 18.1. The molecular formula is C8H7O4. The Morgan fingerprint density at radius 3 is 2.75 bits per heavy atom. The van der Waals surface area contributed by atoms with E-state index in [1.54, 1.807) is 0 Å². The first-order valence-electron chi connectivity index (χ1n) is 3.17. The molecule has 63 valence electrons. The summed E-state index contributed by atoms with van der Waals surface area (Å²) in [4.78, 5) is 10.9. The third kappa shape index (κ3) is 1.32. The summed E-state index contributed by atoms with van der Waals surface area (Å²) in [6.45, 7) is 0. The van der Waals surface area contributed by atoms with Gasteiger partial charge in [0.1, 0.15) is 5.56 Å². The minimum atomic E-state index is -0.709. The van der Waals surface area contributed by atoms with Gasteiger partial charge in [-0.25, -0.2) is 4.79 Å². The van der Waals surface area contributed by atoms with E-state index in [-0.39, 0.29) is 5.56 Å². The Kier molecular flexibility index (Phi) is 2.19. The summed E-state index contributed by atoms with van der Waals surface area (Å²) >= 11 is 0. The van der Waals surface area contributed by atoms with Crippen molar-refractivity contribution in [3.05, 3.63) is 23.8 Å². The van der Waals surface area contributed by atoms with Gasteiger partial charge in [0.15, 0.2) is 11.5 Å². The number of carbonyl (C=O) groups excluding carboxylic acids is 1. The van der Waals surface area contributed by atoms with Crippen molar-refractivity contribution in [1.29, 1.82) is 0 Å². The Labute approximate surface area is 69.0 Å². The number of phenols is 2. The zero-order chi connectivity index (χ0) is 9.14. The summed E-state index contributed by atoms with van der Waals surface area (Å²) in [6.07, 6.45) is 0. The monoisotopic (exact) mass is 167 g/mol. The molecular weight excluding hydrogens is 160 g/mol. The number of esters is 1. The van der Waals surface area contributed by atoms with Crippen LogP contribution in [-0.2, 0) is 4.74 Å². The van der Waals surface area contributed by atoms with E-state index in [1.165, 1.54) is 13.2 Å². The average Bonchev–Trinajstić information content (AvgIpc) is 2.08. The maximum absolute atomic E-state index is 10.9. The van der Waals surface area contributed by atoms with Gasteiger partial charge in [-0.1, -0.05) is 0 Å². The molecule has 12 heavy (non-hydrogen) atoms. The topological polar surface area (TPSA) is 66.8 Å². The third-order valence-electron chi connectivity index (χ3n) is 1.35. The van der Waals surface area contributed by atoms with E-state index in [1.807, 2.05) is 0 Å². The van der Waals surface area contributed by atoms with Gasteiger partial charge in [-0.05, 0) is 18.2 Å². The molecule has 2 N–H and O–H groups in total. The van der Waals surface area contributed by atoms with E-state index < -0.39 is 17.5 Å². The highest BCUT2D eigenvalue weighted by atomic mass is 16.5. The van der Waals surface area contributed by atoms with Crippen LogP contribution in [0.15, 0.2) is 12.1 Å². The zero-order valence-electron chi connectivity index (χ0n) is 6.37. The Bertz CT molecular complexity index is 306. The lowest BCUT2D eigenvalue weighted by Gasteiger charge is -2.02. The SMILES string of the molecule is COC(=O)c1c[c]cc(O)c1O. The second kappa shape index (κ2) is 3.13. The highest BCUT2D eigenvalue weighted by molar-refractivity contribution is 5.93. The Hall–Kier alpha value is -1.71. The third-order valence-corrected chi connectivity index (χ3v) is 1.35. The van der Waals surface area contributed by atoms with Gasteiger partial charge in [0.25, 0.3) is 0 Å². The molecule has 1 aromatic rings. The van der Waals surface area contributed by atoms with Crippen molar-refractivity contribution < 1.29 is 19.7 Å². The van der Waals surface area contributed by atoms with Crippen LogP contribution in [0.4, 0.5) is 0 Å². The van der Waals surface area contributed by atoms with Gasteiger partial charge in [0.05, 0.1) is 7.11 Å². The van der Waals surface area contributed by atoms with Crippen LogP contribution >= 0.6 is 0 Å². The fraction of sp³-hybridized carbons (Fsp3) is 0.125. The molecule has 0 aliphatic heterocycles. The number of methoxy groups -OCH3 is 1. The molecule has 0 bridgehead atoms. The summed E-state index contributed by atoms with van der Waals surface area (Å²) in [6, 6.07) is 4.87. The van der Waals surface area contributed by atoms with E-state index in [0.717, 1.165) is 6.07 Å². The van der Waals surface area contributed by atoms with E-state index in [4.69, 9.17) is 10.2 Å². The number of ether oxygens (including phenoxy) is 1. The molecule has 1 rings (SSSR count). The van der Waals surface area contributed by atoms with Gasteiger partial charge in [-0.15, -0.1) is 0 Å². The summed E-state index contributed by atoms with van der Waals surface area (Å²) in [5.74, 6) is -1.59. The van der Waals surface area contributed by atoms with E-state index in [2.05, 4.69) is 10.8 Å². The Morgan fingerprint density at radius 2 is 2.17 bits per heavy atom. The van der Waals surface area contributed by atoms with E-state index in [0.29, 0.717) is 0 Å². The number of benzene rings is 1. The fourth-order valence-corrected chi connectivity index (χ4v) is 0.744. The molecule has 0 heterocycles. The van der Waals surface area contributed by atoms with Crippen molar-refractivity contribution in [1.82, 2.24) is 0 Å². The largest absolute Gasteiger partial charge is 0.504 e. The standard InChI is InChI=1S/C8H7O4/c1-12-8(11)5-3-2-4-6(9)7(5)10/h3-4,9-10H,1H3. The van der Waals surface area contributed by atoms with Gasteiger partial charge in [0.2, 0.25) is 0 Å². The van der Waals surface area contributed by atoms with Crippen molar-refractivity contribution in [2.75, 3.05) is 7.11 Å². The number of aromatic hydroxyl groups is 2. The second-order valence-electron chi connectivity index (χ2n) is 2.09. The van der Waals surface area contributed by atoms with E-state index in [9.17, 15) is 4.79 Å². The van der Waals surface area contributed by atoms with Crippen LogP contribution in [-0.4, -0.2) is 23.3 Å². The van der Waals surface area contributed by atoms with Gasteiger partial charge in [-0.3, -0.25) is 0 Å². The van der Waals surface area contributed by atoms with Crippen LogP contribution < -0.4 is 0 Å². The lowest BCUT2D eigenvalue weighted by Crippen LogP contribution is -2.00. The summed E-state index contributed by atoms with van der Waals surface area (Å²) < 4.78 is 4.34. The van der Waals surface area contributed by atoms with Gasteiger partial charge in [-0.2, -0.15) is 0 Å². The molecule has 0 aliphatic carbocycles. The normalized spacial score (nSPS) is 9.42. The van der Waals surface area contributed by atoms with Crippen molar-refractivity contribution in [3.8, 4) is 11.5 Å². The highest BCUT2D eigenvalue weighted by Gasteiger charge is 2.13. The van der Waals surface area contributed by atoms with Gasteiger partial charge >= 0.3 is 5.97 Å². The molecule has 4 heteroatoms. The number of rotatable bonds is 1. The molecule has 0 saturated heterocycles. The Balaban J connectivity index is 3.16. The zero-order valence-corrected chi connectivity index (χ0v) is 6.37. The molecule has 0 amide bonds. The first-order valence-corrected chi connectivity index (χ1v) is 3.17. The van der Waals surface area contributed by atoms with Crippen LogP contribution in [0.5, 0.6) is 11.5 Å². The van der Waals surface area contributed by atoms with Gasteiger partial charge in [0, 0.05) is 0 Å². The van der Waals surface area contributed by atoms with Crippen LogP contribution in [0.25, 0.3) is 0 Å². The molecule has 0 atom stereocenters. The predicted molar refractivity (Wildman–Crippen MR) is 39.9 cm³/mol. The van der Waals surface area contributed by atoms with Crippen LogP contribution in [0, 0.1) is 6.07 Å². The number of phenolic OH excluding ortho intramolecular Hbond substituents is 2. The minimum absolute atomic E-state index is 0.0995. The number of hydrogen-bond donors (Lipinski definition) is 2. The van der Waals surface area contributed by atoms with Crippen molar-refractivity contribution in [3.63, 3.8) is 0 Å². The molecule has 0 spiro atoms. The number of carbonyl (C=O) groups is 1. The predicted octanol–water partition coefficient (Wildman–Crippen LogP) is 0.685. The molecule has 4 nitrogen and oxygen atoms in total. The van der Waals surface area contributed by atoms with Crippen molar-refractivity contribution in [2.24, 2.45) is 0 Å². The fourth-order valence-electron chi connectivity index (χ4n) is 0.744. The highest BCUT2D eigenvalue weighted by Crippen LogP contribution is 2.27. The lowest BCUT2D eigenvalue weighted by atomic mass is 10.2. The first-order chi connectivity index (χ1) is 5.66. The van der Waals surface area contributed by atoms with E-state index >= 15 is 0 Å². The summed E-state index contributed by atoms with van der Waals surface area (Å²) in [5.41, 5.74) is -0.0995. The van der Waals surface area contributed by atoms with Crippen LogP contribution in [0.2, 0.25) is 0 Å². The first kappa shape index (κ1) is 8.39. The Morgan fingerprint density at radius 1 is 1.50 bits per heavy atom. The second-order valence-corrected chi connectivity index (χ2v) is 2.09. The summed E-state index contributed by atoms with van der Waals surface area (Å²) in [7, 11) is 1.19. The average molecular weight is 167 g/mol. The maximum atomic E-state index is 10.9. The number of hydrogen-bond acceptors (Lipinski definition) is 4.